The highest BCUT2D eigenvalue weighted by molar-refractivity contribution is 7.99. The van der Waals surface area contributed by atoms with E-state index in [1.165, 1.54) is 6.07 Å². The zero-order chi connectivity index (χ0) is 21.5. The number of anilines is 1. The Morgan fingerprint density at radius 3 is 2.57 bits per heavy atom. The fourth-order valence-electron chi connectivity index (χ4n) is 2.82. The van der Waals surface area contributed by atoms with Crippen LogP contribution in [-0.2, 0) is 23.1 Å². The molecule has 30 heavy (non-hydrogen) atoms. The minimum absolute atomic E-state index is 0.0576. The zero-order valence-corrected chi connectivity index (χ0v) is 17.5. The molecule has 1 heterocycles. The van der Waals surface area contributed by atoms with Crippen LogP contribution < -0.4 is 10.6 Å². The average Bonchev–Trinajstić information content (AvgIpc) is 3.11. The number of hydrogen-bond donors (Lipinski definition) is 2. The van der Waals surface area contributed by atoms with E-state index in [0.717, 1.165) is 29.4 Å². The van der Waals surface area contributed by atoms with Crippen molar-refractivity contribution >= 4 is 29.3 Å². The number of amides is 2. The maximum atomic E-state index is 14.0. The van der Waals surface area contributed by atoms with Gasteiger partial charge in [0.1, 0.15) is 5.82 Å². The van der Waals surface area contributed by atoms with Gasteiger partial charge in [0.25, 0.3) is 0 Å². The molecule has 0 radical (unpaired) electrons. The predicted molar refractivity (Wildman–Crippen MR) is 115 cm³/mol. The van der Waals surface area contributed by atoms with Gasteiger partial charge in [-0.05, 0) is 30.2 Å². The van der Waals surface area contributed by atoms with Gasteiger partial charge in [0.15, 0.2) is 11.0 Å². The van der Waals surface area contributed by atoms with Crippen LogP contribution in [-0.4, -0.2) is 38.9 Å². The summed E-state index contributed by atoms with van der Waals surface area (Å²) in [6.45, 7) is 1.88. The lowest BCUT2D eigenvalue weighted by atomic mass is 10.1. The van der Waals surface area contributed by atoms with Crippen LogP contribution in [0.3, 0.4) is 0 Å². The quantitative estimate of drug-likeness (QED) is 0.540. The Labute approximate surface area is 178 Å². The topological polar surface area (TPSA) is 88.9 Å². The van der Waals surface area contributed by atoms with Crippen LogP contribution in [0.5, 0.6) is 0 Å². The largest absolute Gasteiger partial charge is 0.346 e. The number of carbonyl (C=O) groups is 2. The Bertz CT molecular complexity index is 1050. The molecule has 0 atom stereocenters. The monoisotopic (exact) mass is 427 g/mol. The molecule has 0 aliphatic rings. The van der Waals surface area contributed by atoms with Crippen LogP contribution in [0.2, 0.25) is 0 Å². The molecule has 9 heteroatoms. The van der Waals surface area contributed by atoms with E-state index in [4.69, 9.17) is 0 Å². The van der Waals surface area contributed by atoms with Crippen molar-refractivity contribution < 1.29 is 14.0 Å². The Kier molecular flexibility index (Phi) is 7.18. The molecule has 0 aliphatic carbocycles. The van der Waals surface area contributed by atoms with E-state index in [2.05, 4.69) is 20.8 Å². The minimum atomic E-state index is -0.391. The first-order chi connectivity index (χ1) is 14.5. The highest BCUT2D eigenvalue weighted by atomic mass is 32.2. The summed E-state index contributed by atoms with van der Waals surface area (Å²) in [5.74, 6) is -0.561. The summed E-state index contributed by atoms with van der Waals surface area (Å²) in [5, 5.41) is 13.9. The van der Waals surface area contributed by atoms with E-state index in [0.29, 0.717) is 16.5 Å². The van der Waals surface area contributed by atoms with Gasteiger partial charge in [-0.1, -0.05) is 49.0 Å². The first kappa shape index (κ1) is 21.5. The van der Waals surface area contributed by atoms with Crippen LogP contribution in [0, 0.1) is 5.82 Å². The predicted octanol–water partition coefficient (Wildman–Crippen LogP) is 3.03. The van der Waals surface area contributed by atoms with Gasteiger partial charge in [0.2, 0.25) is 11.8 Å². The highest BCUT2D eigenvalue weighted by Gasteiger charge is 2.16. The van der Waals surface area contributed by atoms with Gasteiger partial charge in [-0.15, -0.1) is 10.2 Å². The first-order valence-corrected chi connectivity index (χ1v) is 10.4. The number of nitrogens with zero attached hydrogens (tertiary/aromatic N) is 3. The van der Waals surface area contributed by atoms with Gasteiger partial charge in [-0.3, -0.25) is 9.59 Å². The van der Waals surface area contributed by atoms with Gasteiger partial charge in [-0.25, -0.2) is 4.39 Å². The number of rotatable bonds is 8. The van der Waals surface area contributed by atoms with Crippen LogP contribution in [0.15, 0.2) is 53.7 Å². The van der Waals surface area contributed by atoms with Gasteiger partial charge in [0, 0.05) is 12.7 Å². The number of hydrogen-bond acceptors (Lipinski definition) is 5. The fraction of sp³-hybridized carbons (Fsp3) is 0.238. The number of aromatic nitrogens is 3. The van der Waals surface area contributed by atoms with Crippen molar-refractivity contribution in [3.05, 3.63) is 59.9 Å². The summed E-state index contributed by atoms with van der Waals surface area (Å²) in [4.78, 5) is 24.2. The third kappa shape index (κ3) is 5.24. The second-order valence-electron chi connectivity index (χ2n) is 6.47. The summed E-state index contributed by atoms with van der Waals surface area (Å²) < 4.78 is 15.6. The molecule has 2 aromatic carbocycles. The Morgan fingerprint density at radius 2 is 1.80 bits per heavy atom. The number of aryl methyl sites for hydroxylation is 1. The van der Waals surface area contributed by atoms with Gasteiger partial charge in [-0.2, -0.15) is 0 Å². The number of nitrogens with one attached hydrogen (secondary N) is 2. The van der Waals surface area contributed by atoms with Crippen molar-refractivity contribution in [3.63, 3.8) is 0 Å². The van der Waals surface area contributed by atoms with Crippen molar-refractivity contribution in [3.8, 4) is 11.4 Å². The fourth-order valence-corrected chi connectivity index (χ4v) is 3.56. The smallest absolute Gasteiger partial charge is 0.243 e. The zero-order valence-electron chi connectivity index (χ0n) is 16.7. The van der Waals surface area contributed by atoms with Gasteiger partial charge < -0.3 is 15.2 Å². The SMILES string of the molecule is CCc1ccccc1NC(=O)CNC(=O)CSc1nnc(-c2ccccc2F)n1C. The van der Waals surface area contributed by atoms with E-state index in [1.54, 1.807) is 29.8 Å². The Balaban J connectivity index is 1.50. The normalized spacial score (nSPS) is 10.6. The van der Waals surface area contributed by atoms with Gasteiger partial charge in [0.05, 0.1) is 17.9 Å². The van der Waals surface area contributed by atoms with E-state index in [-0.39, 0.29) is 24.1 Å². The van der Waals surface area contributed by atoms with E-state index in [1.807, 2.05) is 31.2 Å². The molecule has 0 bridgehead atoms. The molecule has 0 saturated carbocycles. The molecule has 1 aromatic heterocycles. The van der Waals surface area contributed by atoms with Crippen LogP contribution in [0.4, 0.5) is 10.1 Å². The summed E-state index contributed by atoms with van der Waals surface area (Å²) >= 11 is 1.16. The number of carbonyl (C=O) groups excluding carboxylic acids is 2. The summed E-state index contributed by atoms with van der Waals surface area (Å²) in [5.41, 5.74) is 2.11. The van der Waals surface area contributed by atoms with Crippen LogP contribution in [0.1, 0.15) is 12.5 Å². The lowest BCUT2D eigenvalue weighted by Gasteiger charge is -2.10. The Morgan fingerprint density at radius 1 is 1.07 bits per heavy atom. The van der Waals surface area contributed by atoms with Gasteiger partial charge >= 0.3 is 0 Å². The summed E-state index contributed by atoms with van der Waals surface area (Å²) in [6.07, 6.45) is 0.798. The number of halogens is 1. The second-order valence-corrected chi connectivity index (χ2v) is 7.41. The number of thioether (sulfide) groups is 1. The molecule has 3 aromatic rings. The maximum absolute atomic E-state index is 14.0. The molecule has 3 rings (SSSR count). The summed E-state index contributed by atoms with van der Waals surface area (Å²) in [6, 6.07) is 13.8. The number of benzene rings is 2. The highest BCUT2D eigenvalue weighted by Crippen LogP contribution is 2.24. The molecule has 0 unspecified atom stereocenters. The molecule has 0 spiro atoms. The molecular weight excluding hydrogens is 405 g/mol. The third-order valence-electron chi connectivity index (χ3n) is 4.40. The molecule has 156 valence electrons. The second kappa shape index (κ2) is 10.0. The lowest BCUT2D eigenvalue weighted by molar-refractivity contribution is -0.122. The van der Waals surface area contributed by atoms with Crippen molar-refractivity contribution in [1.82, 2.24) is 20.1 Å². The summed E-state index contributed by atoms with van der Waals surface area (Å²) in [7, 11) is 1.71. The first-order valence-electron chi connectivity index (χ1n) is 9.41. The molecular formula is C21H22FN5O2S. The number of para-hydroxylation sites is 1. The van der Waals surface area contributed by atoms with Crippen molar-refractivity contribution in [2.24, 2.45) is 7.05 Å². The molecule has 2 amide bonds. The standard InChI is InChI=1S/C21H22FN5O2S/c1-3-14-8-4-7-11-17(14)24-18(28)12-23-19(29)13-30-21-26-25-20(27(21)2)15-9-5-6-10-16(15)22/h4-11H,3,12-13H2,1-2H3,(H,23,29)(H,24,28). The van der Waals surface area contributed by atoms with E-state index in [9.17, 15) is 14.0 Å². The van der Waals surface area contributed by atoms with Crippen LogP contribution >= 0.6 is 11.8 Å². The minimum Gasteiger partial charge on any atom is -0.346 e. The van der Waals surface area contributed by atoms with E-state index >= 15 is 0 Å². The molecule has 0 saturated heterocycles. The van der Waals surface area contributed by atoms with Crippen molar-refractivity contribution in [2.75, 3.05) is 17.6 Å². The Hall–Kier alpha value is -3.20. The van der Waals surface area contributed by atoms with Crippen LogP contribution in [0.25, 0.3) is 11.4 Å². The molecule has 7 nitrogen and oxygen atoms in total. The lowest BCUT2D eigenvalue weighted by Crippen LogP contribution is -2.34. The molecule has 0 fully saturated rings. The maximum Gasteiger partial charge on any atom is 0.243 e. The van der Waals surface area contributed by atoms with Crippen molar-refractivity contribution in [2.45, 2.75) is 18.5 Å². The molecule has 2 N–H and O–H groups in total. The average molecular weight is 428 g/mol. The third-order valence-corrected chi connectivity index (χ3v) is 5.42. The van der Waals surface area contributed by atoms with Crippen molar-refractivity contribution in [1.29, 1.82) is 0 Å². The van der Waals surface area contributed by atoms with E-state index < -0.39 is 5.82 Å². The molecule has 0 aliphatic heterocycles.